The van der Waals surface area contributed by atoms with Crippen LogP contribution in [0.4, 0.5) is 0 Å². The average Bonchev–Trinajstić information content (AvgIpc) is 2.46. The van der Waals surface area contributed by atoms with E-state index in [0.717, 1.165) is 0 Å². The second-order valence-corrected chi connectivity index (χ2v) is 7.33. The highest BCUT2D eigenvalue weighted by Crippen LogP contribution is 2.33. The van der Waals surface area contributed by atoms with Crippen LogP contribution in [0.25, 0.3) is 0 Å². The fourth-order valence-corrected chi connectivity index (χ4v) is 4.00. The van der Waals surface area contributed by atoms with E-state index in [-0.39, 0.29) is 10.9 Å². The van der Waals surface area contributed by atoms with Gasteiger partial charge in [0.05, 0.1) is 4.90 Å². The molecule has 0 aromatic heterocycles. The molecule has 0 amide bonds. The number of halogens is 1. The van der Waals surface area contributed by atoms with Crippen LogP contribution >= 0.6 is 11.6 Å². The monoisotopic (exact) mass is 333 g/mol. The third kappa shape index (κ3) is 3.62. The van der Waals surface area contributed by atoms with Gasteiger partial charge in [0, 0.05) is 24.5 Å². The van der Waals surface area contributed by atoms with Crippen molar-refractivity contribution >= 4 is 21.6 Å². The van der Waals surface area contributed by atoms with Gasteiger partial charge in [0.15, 0.2) is 11.5 Å². The first-order chi connectivity index (χ1) is 9.96. The van der Waals surface area contributed by atoms with Crippen molar-refractivity contribution in [1.29, 1.82) is 0 Å². The van der Waals surface area contributed by atoms with E-state index < -0.39 is 10.0 Å². The van der Waals surface area contributed by atoms with E-state index >= 15 is 0 Å². The van der Waals surface area contributed by atoms with Crippen LogP contribution in [0.2, 0.25) is 0 Å². The van der Waals surface area contributed by atoms with E-state index in [1.54, 1.807) is 12.1 Å². The van der Waals surface area contributed by atoms with Gasteiger partial charge in [-0.3, -0.25) is 0 Å². The van der Waals surface area contributed by atoms with Crippen LogP contribution in [-0.2, 0) is 10.0 Å². The molecule has 1 aliphatic heterocycles. The predicted molar refractivity (Wildman–Crippen MR) is 81.8 cm³/mol. The molecule has 2 rings (SSSR count). The van der Waals surface area contributed by atoms with Crippen molar-refractivity contribution in [3.8, 4) is 11.5 Å². The summed E-state index contributed by atoms with van der Waals surface area (Å²) in [4.78, 5) is 0.218. The van der Waals surface area contributed by atoms with Crippen LogP contribution in [-0.4, -0.2) is 44.4 Å². The molecule has 7 heteroatoms. The zero-order valence-electron chi connectivity index (χ0n) is 12.2. The summed E-state index contributed by atoms with van der Waals surface area (Å²) in [6, 6.07) is 4.59. The van der Waals surface area contributed by atoms with Crippen LogP contribution in [0, 0.1) is 0 Å². The lowest BCUT2D eigenvalue weighted by molar-refractivity contribution is 0.171. The molecule has 1 aliphatic rings. The van der Waals surface area contributed by atoms with Crippen molar-refractivity contribution < 1.29 is 17.9 Å². The molecule has 0 atom stereocenters. The third-order valence-corrected chi connectivity index (χ3v) is 5.55. The summed E-state index contributed by atoms with van der Waals surface area (Å²) in [7, 11) is -3.57. The Kier molecular flexibility index (Phi) is 5.35. The number of alkyl halides is 1. The molecule has 0 fully saturated rings. The minimum absolute atomic E-state index is 0.133. The summed E-state index contributed by atoms with van der Waals surface area (Å²) in [5.41, 5.74) is 0. The molecule has 0 saturated heterocycles. The zero-order valence-corrected chi connectivity index (χ0v) is 13.8. The third-order valence-electron chi connectivity index (χ3n) is 3.21. The normalized spacial score (nSPS) is 14.7. The first-order valence-electron chi connectivity index (χ1n) is 6.94. The van der Waals surface area contributed by atoms with Gasteiger partial charge in [-0.25, -0.2) is 8.42 Å². The topological polar surface area (TPSA) is 55.8 Å². The Morgan fingerprint density at radius 2 is 1.90 bits per heavy atom. The second kappa shape index (κ2) is 6.85. The summed E-state index contributed by atoms with van der Waals surface area (Å²) in [5.74, 6) is 1.49. The van der Waals surface area contributed by atoms with E-state index in [1.165, 1.54) is 10.4 Å². The van der Waals surface area contributed by atoms with E-state index in [9.17, 15) is 8.42 Å². The molecule has 5 nitrogen and oxygen atoms in total. The van der Waals surface area contributed by atoms with Gasteiger partial charge in [0.1, 0.15) is 13.2 Å². The molecule has 0 aliphatic carbocycles. The molecule has 0 unspecified atom stereocenters. The molecule has 0 bridgehead atoms. The maximum absolute atomic E-state index is 12.8. The highest BCUT2D eigenvalue weighted by Gasteiger charge is 2.28. The van der Waals surface area contributed by atoms with Gasteiger partial charge in [-0.2, -0.15) is 4.31 Å². The highest BCUT2D eigenvalue weighted by atomic mass is 35.5. The van der Waals surface area contributed by atoms with Crippen LogP contribution in [0.5, 0.6) is 11.5 Å². The first-order valence-corrected chi connectivity index (χ1v) is 8.91. The van der Waals surface area contributed by atoms with Crippen molar-refractivity contribution in [2.24, 2.45) is 0 Å². The lowest BCUT2D eigenvalue weighted by atomic mass is 10.3. The van der Waals surface area contributed by atoms with Crippen LogP contribution < -0.4 is 9.47 Å². The second-order valence-electron chi connectivity index (χ2n) is 5.06. The Morgan fingerprint density at radius 1 is 1.24 bits per heavy atom. The summed E-state index contributed by atoms with van der Waals surface area (Å²) >= 11 is 5.68. The molecule has 1 aromatic rings. The van der Waals surface area contributed by atoms with Crippen molar-refractivity contribution in [2.45, 2.75) is 31.2 Å². The van der Waals surface area contributed by atoms with Crippen molar-refractivity contribution in [2.75, 3.05) is 25.6 Å². The van der Waals surface area contributed by atoms with Crippen molar-refractivity contribution in [1.82, 2.24) is 4.31 Å². The van der Waals surface area contributed by atoms with Crippen LogP contribution in [0.15, 0.2) is 23.1 Å². The summed E-state index contributed by atoms with van der Waals surface area (Å²) in [6.07, 6.45) is 0.615. The quantitative estimate of drug-likeness (QED) is 0.750. The predicted octanol–water partition coefficient (Wildman–Crippen LogP) is 2.49. The van der Waals surface area contributed by atoms with Crippen molar-refractivity contribution in [3.63, 3.8) is 0 Å². The molecular weight excluding hydrogens is 314 g/mol. The Hall–Kier alpha value is -0.980. The maximum atomic E-state index is 12.8. The molecule has 0 N–H and O–H groups in total. The van der Waals surface area contributed by atoms with E-state index in [0.29, 0.717) is 43.6 Å². The summed E-state index contributed by atoms with van der Waals surface area (Å²) in [5, 5.41) is 0. The van der Waals surface area contributed by atoms with E-state index in [2.05, 4.69) is 0 Å². The summed E-state index contributed by atoms with van der Waals surface area (Å²) in [6.45, 7) is 5.01. The Morgan fingerprint density at radius 3 is 2.52 bits per heavy atom. The van der Waals surface area contributed by atoms with Gasteiger partial charge in [0.2, 0.25) is 10.0 Å². The number of fused-ring (bicyclic) bond motifs is 1. The molecular formula is C14H20ClNO4S. The fraction of sp³-hybridized carbons (Fsp3) is 0.571. The Labute approximate surface area is 130 Å². The smallest absolute Gasteiger partial charge is 0.243 e. The Balaban J connectivity index is 2.33. The molecule has 0 spiro atoms. The van der Waals surface area contributed by atoms with Gasteiger partial charge in [-0.1, -0.05) is 0 Å². The molecule has 0 saturated carbocycles. The summed E-state index contributed by atoms with van der Waals surface area (Å²) < 4.78 is 37.8. The van der Waals surface area contributed by atoms with Gasteiger partial charge < -0.3 is 9.47 Å². The Bertz CT molecular complexity index is 589. The van der Waals surface area contributed by atoms with Gasteiger partial charge in [-0.15, -0.1) is 11.6 Å². The molecule has 1 heterocycles. The molecule has 0 radical (unpaired) electrons. The number of benzene rings is 1. The molecule has 118 valence electrons. The van der Waals surface area contributed by atoms with E-state index in [1.807, 2.05) is 13.8 Å². The lowest BCUT2D eigenvalue weighted by Gasteiger charge is -2.26. The minimum atomic E-state index is -3.57. The van der Waals surface area contributed by atoms with Crippen LogP contribution in [0.1, 0.15) is 20.3 Å². The van der Waals surface area contributed by atoms with E-state index in [4.69, 9.17) is 21.1 Å². The van der Waals surface area contributed by atoms with Gasteiger partial charge in [0.25, 0.3) is 0 Å². The van der Waals surface area contributed by atoms with Crippen molar-refractivity contribution in [3.05, 3.63) is 18.2 Å². The number of nitrogens with zero attached hydrogens (tertiary/aromatic N) is 1. The average molecular weight is 334 g/mol. The zero-order chi connectivity index (χ0) is 15.5. The first kappa shape index (κ1) is 16.4. The van der Waals surface area contributed by atoms with Gasteiger partial charge in [-0.05, 0) is 32.4 Å². The number of hydrogen-bond acceptors (Lipinski definition) is 4. The SMILES string of the molecule is CC(C)N(CCCCl)S(=O)(=O)c1ccc2c(c1)OCCO2. The number of rotatable bonds is 6. The van der Waals surface area contributed by atoms with Crippen LogP contribution in [0.3, 0.4) is 0 Å². The highest BCUT2D eigenvalue weighted by molar-refractivity contribution is 7.89. The molecule has 1 aromatic carbocycles. The molecule has 21 heavy (non-hydrogen) atoms. The number of hydrogen-bond donors (Lipinski definition) is 0. The standard InChI is InChI=1S/C14H20ClNO4S/c1-11(2)16(7-3-6-15)21(17,18)12-4-5-13-14(10-12)20-9-8-19-13/h4-5,10-11H,3,6-9H2,1-2H3. The maximum Gasteiger partial charge on any atom is 0.243 e. The minimum Gasteiger partial charge on any atom is -0.486 e. The lowest BCUT2D eigenvalue weighted by Crippen LogP contribution is -2.37. The number of ether oxygens (including phenoxy) is 2. The fourth-order valence-electron chi connectivity index (χ4n) is 2.19. The number of sulfonamides is 1. The largest absolute Gasteiger partial charge is 0.486 e. The van der Waals surface area contributed by atoms with Gasteiger partial charge >= 0.3 is 0 Å².